The van der Waals surface area contributed by atoms with E-state index in [2.05, 4.69) is 5.32 Å². The van der Waals surface area contributed by atoms with Crippen molar-refractivity contribution in [3.05, 3.63) is 51.7 Å². The molecule has 0 aliphatic carbocycles. The lowest BCUT2D eigenvalue weighted by Crippen LogP contribution is -2.30. The number of carbonyl (C=O) groups excluding carboxylic acids is 2. The smallest absolute Gasteiger partial charge is 0.349 e. The molecule has 0 aliphatic rings. The summed E-state index contributed by atoms with van der Waals surface area (Å²) in [6, 6.07) is 9.12. The Hall–Kier alpha value is -2.14. The fourth-order valence-corrected chi connectivity index (χ4v) is 2.39. The molecule has 0 radical (unpaired) electrons. The highest BCUT2D eigenvalue weighted by Gasteiger charge is 2.20. The lowest BCUT2D eigenvalue weighted by atomic mass is 10.1. The Labute approximate surface area is 127 Å². The van der Waals surface area contributed by atoms with E-state index in [1.54, 1.807) is 24.4 Å². The van der Waals surface area contributed by atoms with Crippen molar-refractivity contribution in [2.75, 3.05) is 5.32 Å². The van der Waals surface area contributed by atoms with Gasteiger partial charge in [-0.05, 0) is 49.4 Å². The predicted molar refractivity (Wildman–Crippen MR) is 83.7 cm³/mol. The van der Waals surface area contributed by atoms with Crippen LogP contribution in [0.3, 0.4) is 0 Å². The van der Waals surface area contributed by atoms with Gasteiger partial charge < -0.3 is 10.1 Å². The third kappa shape index (κ3) is 3.70. The molecule has 0 aliphatic heterocycles. The monoisotopic (exact) mass is 303 g/mol. The Kier molecular flexibility index (Phi) is 4.75. The molecule has 0 saturated carbocycles. The quantitative estimate of drug-likeness (QED) is 0.879. The van der Waals surface area contributed by atoms with Crippen LogP contribution in [-0.2, 0) is 9.53 Å². The van der Waals surface area contributed by atoms with Crippen molar-refractivity contribution in [3.8, 4) is 0 Å². The van der Waals surface area contributed by atoms with Gasteiger partial charge in [0.05, 0.1) is 0 Å². The molecule has 110 valence electrons. The number of carbonyl (C=O) groups is 2. The van der Waals surface area contributed by atoms with E-state index in [1.165, 1.54) is 11.3 Å². The van der Waals surface area contributed by atoms with Crippen molar-refractivity contribution < 1.29 is 14.3 Å². The molecule has 0 bridgehead atoms. The van der Waals surface area contributed by atoms with Crippen LogP contribution in [0.5, 0.6) is 0 Å². The van der Waals surface area contributed by atoms with E-state index in [1.807, 2.05) is 32.0 Å². The Morgan fingerprint density at radius 2 is 1.95 bits per heavy atom. The number of rotatable bonds is 4. The number of benzene rings is 1. The number of hydrogen-bond donors (Lipinski definition) is 1. The minimum atomic E-state index is -0.848. The summed E-state index contributed by atoms with van der Waals surface area (Å²) in [4.78, 5) is 24.4. The summed E-state index contributed by atoms with van der Waals surface area (Å²) in [5, 5.41) is 4.58. The molecule has 0 spiro atoms. The molecule has 1 N–H and O–H groups in total. The van der Waals surface area contributed by atoms with Crippen LogP contribution in [0, 0.1) is 13.8 Å². The van der Waals surface area contributed by atoms with Gasteiger partial charge in [0.1, 0.15) is 4.88 Å². The SMILES string of the molecule is Cc1cccc(NC(=O)[C@H](C)OC(=O)c2cccs2)c1C. The highest BCUT2D eigenvalue weighted by Crippen LogP contribution is 2.18. The van der Waals surface area contributed by atoms with Crippen LogP contribution in [0.15, 0.2) is 35.7 Å². The van der Waals surface area contributed by atoms with E-state index in [-0.39, 0.29) is 5.91 Å². The topological polar surface area (TPSA) is 55.4 Å². The van der Waals surface area contributed by atoms with Crippen molar-refractivity contribution >= 4 is 28.9 Å². The zero-order valence-electron chi connectivity index (χ0n) is 12.2. The van der Waals surface area contributed by atoms with Crippen molar-refractivity contribution in [2.45, 2.75) is 26.9 Å². The average Bonchev–Trinajstić information content (AvgIpc) is 2.98. The van der Waals surface area contributed by atoms with Crippen LogP contribution in [0.4, 0.5) is 5.69 Å². The van der Waals surface area contributed by atoms with Gasteiger partial charge in [-0.1, -0.05) is 18.2 Å². The lowest BCUT2D eigenvalue weighted by molar-refractivity contribution is -0.123. The minimum absolute atomic E-state index is 0.339. The Morgan fingerprint density at radius 3 is 2.62 bits per heavy atom. The van der Waals surface area contributed by atoms with Crippen molar-refractivity contribution in [1.82, 2.24) is 0 Å². The summed E-state index contributed by atoms with van der Waals surface area (Å²) in [6.07, 6.45) is -0.848. The molecule has 1 heterocycles. The fourth-order valence-electron chi connectivity index (χ4n) is 1.79. The van der Waals surface area contributed by atoms with Crippen LogP contribution in [0.2, 0.25) is 0 Å². The van der Waals surface area contributed by atoms with E-state index in [0.717, 1.165) is 16.8 Å². The number of nitrogens with one attached hydrogen (secondary N) is 1. The molecule has 1 aromatic carbocycles. The summed E-state index contributed by atoms with van der Waals surface area (Å²) in [5.41, 5.74) is 2.83. The van der Waals surface area contributed by atoms with Crippen LogP contribution in [0.1, 0.15) is 27.7 Å². The highest BCUT2D eigenvalue weighted by molar-refractivity contribution is 7.11. The molecule has 21 heavy (non-hydrogen) atoms. The number of hydrogen-bond acceptors (Lipinski definition) is 4. The summed E-state index contributed by atoms with van der Waals surface area (Å²) >= 11 is 1.29. The maximum atomic E-state index is 12.1. The Balaban J connectivity index is 2.00. The Morgan fingerprint density at radius 1 is 1.19 bits per heavy atom. The van der Waals surface area contributed by atoms with E-state index in [9.17, 15) is 9.59 Å². The molecule has 1 atom stereocenters. The fraction of sp³-hybridized carbons (Fsp3) is 0.250. The third-order valence-corrected chi connectivity index (χ3v) is 4.09. The van der Waals surface area contributed by atoms with Gasteiger partial charge in [0.2, 0.25) is 0 Å². The summed E-state index contributed by atoms with van der Waals surface area (Å²) in [7, 11) is 0. The van der Waals surface area contributed by atoms with Gasteiger partial charge in [-0.3, -0.25) is 4.79 Å². The van der Waals surface area contributed by atoms with Crippen molar-refractivity contribution in [2.24, 2.45) is 0 Å². The number of thiophene rings is 1. The average molecular weight is 303 g/mol. The van der Waals surface area contributed by atoms with Gasteiger partial charge in [-0.15, -0.1) is 11.3 Å². The van der Waals surface area contributed by atoms with Crippen LogP contribution >= 0.6 is 11.3 Å². The summed E-state index contributed by atoms with van der Waals surface area (Å²) in [5.74, 6) is -0.817. The number of aryl methyl sites for hydroxylation is 1. The molecule has 0 saturated heterocycles. The molecule has 2 rings (SSSR count). The van der Waals surface area contributed by atoms with Gasteiger partial charge in [0.25, 0.3) is 5.91 Å². The molecule has 1 aromatic heterocycles. The van der Waals surface area contributed by atoms with Crippen molar-refractivity contribution in [1.29, 1.82) is 0 Å². The summed E-state index contributed by atoms with van der Waals surface area (Å²) < 4.78 is 5.16. The molecule has 0 unspecified atom stereocenters. The first-order valence-electron chi connectivity index (χ1n) is 6.60. The van der Waals surface area contributed by atoms with Gasteiger partial charge in [-0.2, -0.15) is 0 Å². The molecule has 0 fully saturated rings. The molecular weight excluding hydrogens is 286 g/mol. The van der Waals surface area contributed by atoms with Gasteiger partial charge >= 0.3 is 5.97 Å². The zero-order valence-corrected chi connectivity index (χ0v) is 13.0. The number of amides is 1. The standard InChI is InChI=1S/C16H17NO3S/c1-10-6-4-7-13(11(10)2)17-15(18)12(3)20-16(19)14-8-5-9-21-14/h4-9,12H,1-3H3,(H,17,18)/t12-/m0/s1. The maximum absolute atomic E-state index is 12.1. The molecule has 5 heteroatoms. The van der Waals surface area contributed by atoms with E-state index in [4.69, 9.17) is 4.74 Å². The molecular formula is C16H17NO3S. The van der Waals surface area contributed by atoms with Gasteiger partial charge in [0, 0.05) is 5.69 Å². The minimum Gasteiger partial charge on any atom is -0.448 e. The number of anilines is 1. The first-order chi connectivity index (χ1) is 9.99. The van der Waals surface area contributed by atoms with Crippen molar-refractivity contribution in [3.63, 3.8) is 0 Å². The van der Waals surface area contributed by atoms with Gasteiger partial charge in [-0.25, -0.2) is 4.79 Å². The Bertz CT molecular complexity index is 650. The van der Waals surface area contributed by atoms with Crippen LogP contribution in [-0.4, -0.2) is 18.0 Å². The second-order valence-corrected chi connectivity index (χ2v) is 5.71. The second-order valence-electron chi connectivity index (χ2n) is 4.76. The van der Waals surface area contributed by atoms with E-state index >= 15 is 0 Å². The summed E-state index contributed by atoms with van der Waals surface area (Å²) in [6.45, 7) is 5.48. The van der Waals surface area contributed by atoms with Gasteiger partial charge in [0.15, 0.2) is 6.10 Å². The third-order valence-electron chi connectivity index (χ3n) is 3.24. The molecule has 1 amide bonds. The van der Waals surface area contributed by atoms with E-state index < -0.39 is 12.1 Å². The first-order valence-corrected chi connectivity index (χ1v) is 7.48. The van der Waals surface area contributed by atoms with Crippen LogP contribution < -0.4 is 5.32 Å². The number of ether oxygens (including phenoxy) is 1. The molecule has 2 aromatic rings. The maximum Gasteiger partial charge on any atom is 0.349 e. The normalized spacial score (nSPS) is 11.8. The van der Waals surface area contributed by atoms with E-state index in [0.29, 0.717) is 4.88 Å². The predicted octanol–water partition coefficient (Wildman–Crippen LogP) is 3.55. The van der Waals surface area contributed by atoms with Crippen LogP contribution in [0.25, 0.3) is 0 Å². The molecule has 4 nitrogen and oxygen atoms in total. The first kappa shape index (κ1) is 15.3. The number of esters is 1. The largest absolute Gasteiger partial charge is 0.448 e. The zero-order chi connectivity index (χ0) is 15.4. The highest BCUT2D eigenvalue weighted by atomic mass is 32.1. The second kappa shape index (κ2) is 6.54. The lowest BCUT2D eigenvalue weighted by Gasteiger charge is -2.15.